The normalized spacial score (nSPS) is 11.0. The van der Waals surface area contributed by atoms with Gasteiger partial charge in [-0.25, -0.2) is 0 Å². The SMILES string of the molecule is O=[N+]([O-])c1ccccc1/C=N\Nc1nnc(-c2ccccc2)c2ccccc12. The lowest BCUT2D eigenvalue weighted by molar-refractivity contribution is -0.385. The predicted molar refractivity (Wildman–Crippen MR) is 109 cm³/mol. The molecule has 4 rings (SSSR count). The molecule has 0 saturated carbocycles. The first-order chi connectivity index (χ1) is 13.7. The molecule has 0 aliphatic heterocycles. The molecule has 0 aliphatic rings. The zero-order valence-electron chi connectivity index (χ0n) is 14.7. The summed E-state index contributed by atoms with van der Waals surface area (Å²) in [5.74, 6) is 0.477. The van der Waals surface area contributed by atoms with Gasteiger partial charge in [0.15, 0.2) is 5.82 Å². The molecule has 4 aromatic rings. The van der Waals surface area contributed by atoms with Crippen LogP contribution >= 0.6 is 0 Å². The van der Waals surface area contributed by atoms with E-state index in [4.69, 9.17) is 0 Å². The highest BCUT2D eigenvalue weighted by Crippen LogP contribution is 2.29. The van der Waals surface area contributed by atoms with Crippen LogP contribution < -0.4 is 5.43 Å². The van der Waals surface area contributed by atoms with Gasteiger partial charge in [-0.05, 0) is 6.07 Å². The second-order valence-corrected chi connectivity index (χ2v) is 5.99. The predicted octanol–water partition coefficient (Wildman–Crippen LogP) is 4.65. The lowest BCUT2D eigenvalue weighted by Gasteiger charge is -2.08. The summed E-state index contributed by atoms with van der Waals surface area (Å²) >= 11 is 0. The van der Waals surface area contributed by atoms with Gasteiger partial charge in [0.25, 0.3) is 5.69 Å². The minimum Gasteiger partial charge on any atom is -0.259 e. The van der Waals surface area contributed by atoms with Gasteiger partial charge in [-0.3, -0.25) is 15.5 Å². The zero-order chi connectivity index (χ0) is 19.3. The van der Waals surface area contributed by atoms with Gasteiger partial charge in [-0.15, -0.1) is 10.2 Å². The van der Waals surface area contributed by atoms with Crippen LogP contribution in [0.25, 0.3) is 22.0 Å². The van der Waals surface area contributed by atoms with Crippen LogP contribution in [0.3, 0.4) is 0 Å². The number of rotatable bonds is 5. The van der Waals surface area contributed by atoms with Crippen molar-refractivity contribution in [2.24, 2.45) is 5.10 Å². The Morgan fingerprint density at radius 1 is 0.857 bits per heavy atom. The summed E-state index contributed by atoms with van der Waals surface area (Å²) in [7, 11) is 0. The first-order valence-electron chi connectivity index (χ1n) is 8.57. The molecule has 0 atom stereocenters. The van der Waals surface area contributed by atoms with Crippen molar-refractivity contribution in [2.75, 3.05) is 5.43 Å². The fourth-order valence-corrected chi connectivity index (χ4v) is 2.92. The van der Waals surface area contributed by atoms with Gasteiger partial charge < -0.3 is 0 Å². The smallest absolute Gasteiger partial charge is 0.259 e. The van der Waals surface area contributed by atoms with E-state index in [1.807, 2.05) is 54.6 Å². The topological polar surface area (TPSA) is 93.3 Å². The molecule has 1 aromatic heterocycles. The maximum Gasteiger partial charge on any atom is 0.278 e. The van der Waals surface area contributed by atoms with Gasteiger partial charge in [-0.2, -0.15) is 5.10 Å². The molecule has 7 heteroatoms. The van der Waals surface area contributed by atoms with Crippen molar-refractivity contribution in [3.63, 3.8) is 0 Å². The Morgan fingerprint density at radius 2 is 1.54 bits per heavy atom. The van der Waals surface area contributed by atoms with Crippen LogP contribution in [0.15, 0.2) is 84.0 Å². The van der Waals surface area contributed by atoms with Crippen molar-refractivity contribution in [1.29, 1.82) is 0 Å². The highest BCUT2D eigenvalue weighted by molar-refractivity contribution is 6.00. The van der Waals surface area contributed by atoms with Crippen molar-refractivity contribution in [3.05, 3.63) is 94.5 Å². The summed E-state index contributed by atoms with van der Waals surface area (Å²) in [5, 5.41) is 25.6. The van der Waals surface area contributed by atoms with E-state index in [-0.39, 0.29) is 5.69 Å². The summed E-state index contributed by atoms with van der Waals surface area (Å²) in [5.41, 5.74) is 5.00. The van der Waals surface area contributed by atoms with E-state index < -0.39 is 4.92 Å². The van der Waals surface area contributed by atoms with Gasteiger partial charge >= 0.3 is 0 Å². The third-order valence-electron chi connectivity index (χ3n) is 4.24. The van der Waals surface area contributed by atoms with E-state index in [0.717, 1.165) is 22.0 Å². The lowest BCUT2D eigenvalue weighted by atomic mass is 10.0. The average Bonchev–Trinajstić information content (AvgIpc) is 2.74. The zero-order valence-corrected chi connectivity index (χ0v) is 14.7. The van der Waals surface area contributed by atoms with Crippen molar-refractivity contribution < 1.29 is 4.92 Å². The number of aromatic nitrogens is 2. The van der Waals surface area contributed by atoms with Gasteiger partial charge in [-0.1, -0.05) is 66.7 Å². The van der Waals surface area contributed by atoms with Crippen molar-refractivity contribution in [3.8, 4) is 11.3 Å². The first-order valence-corrected chi connectivity index (χ1v) is 8.57. The van der Waals surface area contributed by atoms with E-state index in [1.165, 1.54) is 12.3 Å². The second kappa shape index (κ2) is 7.63. The first kappa shape index (κ1) is 17.3. The van der Waals surface area contributed by atoms with Crippen LogP contribution in [-0.4, -0.2) is 21.3 Å². The Hall–Kier alpha value is -4.13. The number of para-hydroxylation sites is 1. The van der Waals surface area contributed by atoms with E-state index in [0.29, 0.717) is 11.4 Å². The van der Waals surface area contributed by atoms with Gasteiger partial charge in [0.05, 0.1) is 16.7 Å². The van der Waals surface area contributed by atoms with Crippen LogP contribution in [0.5, 0.6) is 0 Å². The Bertz CT molecular complexity index is 1180. The van der Waals surface area contributed by atoms with Crippen LogP contribution in [0.2, 0.25) is 0 Å². The van der Waals surface area contributed by atoms with E-state index >= 15 is 0 Å². The highest BCUT2D eigenvalue weighted by atomic mass is 16.6. The van der Waals surface area contributed by atoms with Crippen LogP contribution in [0.4, 0.5) is 11.5 Å². The Balaban J connectivity index is 1.69. The van der Waals surface area contributed by atoms with Crippen LogP contribution in [0, 0.1) is 10.1 Å². The number of hydrogen-bond acceptors (Lipinski definition) is 6. The van der Waals surface area contributed by atoms with E-state index in [9.17, 15) is 10.1 Å². The standard InChI is InChI=1S/C21H15N5O2/c27-26(28)19-13-7-4-10-16(19)14-22-24-21-18-12-6-5-11-17(18)20(23-25-21)15-8-2-1-3-9-15/h1-14H,(H,24,25)/b22-14-. The molecule has 0 saturated heterocycles. The molecule has 0 bridgehead atoms. The molecule has 0 unspecified atom stereocenters. The Labute approximate surface area is 160 Å². The molecule has 1 N–H and O–H groups in total. The number of hydrazone groups is 1. The van der Waals surface area contributed by atoms with E-state index in [1.54, 1.807) is 18.2 Å². The molecular weight excluding hydrogens is 354 g/mol. The molecule has 0 amide bonds. The quantitative estimate of drug-likeness (QED) is 0.314. The second-order valence-electron chi connectivity index (χ2n) is 5.99. The fraction of sp³-hybridized carbons (Fsp3) is 0. The van der Waals surface area contributed by atoms with Crippen LogP contribution in [0.1, 0.15) is 5.56 Å². The fourth-order valence-electron chi connectivity index (χ4n) is 2.92. The number of anilines is 1. The monoisotopic (exact) mass is 369 g/mol. The van der Waals surface area contributed by atoms with E-state index in [2.05, 4.69) is 20.7 Å². The third kappa shape index (κ3) is 3.41. The van der Waals surface area contributed by atoms with Crippen LogP contribution in [-0.2, 0) is 0 Å². The molecule has 0 aliphatic carbocycles. The van der Waals surface area contributed by atoms with Crippen molar-refractivity contribution in [1.82, 2.24) is 10.2 Å². The number of benzene rings is 3. The molecule has 7 nitrogen and oxygen atoms in total. The molecule has 136 valence electrons. The molecule has 1 heterocycles. The van der Waals surface area contributed by atoms with Crippen molar-refractivity contribution in [2.45, 2.75) is 0 Å². The Kier molecular flexibility index (Phi) is 4.71. The number of nitrogens with one attached hydrogen (secondary N) is 1. The summed E-state index contributed by atoms with van der Waals surface area (Å²) < 4.78 is 0. The van der Waals surface area contributed by atoms with Gasteiger partial charge in [0.1, 0.15) is 5.69 Å². The minimum atomic E-state index is -0.439. The minimum absolute atomic E-state index is 0.0107. The third-order valence-corrected chi connectivity index (χ3v) is 4.24. The largest absolute Gasteiger partial charge is 0.278 e. The molecule has 3 aromatic carbocycles. The number of nitro groups is 1. The van der Waals surface area contributed by atoms with Crippen molar-refractivity contribution >= 4 is 28.5 Å². The maximum absolute atomic E-state index is 11.1. The maximum atomic E-state index is 11.1. The molecule has 0 fully saturated rings. The summed E-state index contributed by atoms with van der Waals surface area (Å²) in [6.45, 7) is 0. The number of hydrogen-bond donors (Lipinski definition) is 1. The lowest BCUT2D eigenvalue weighted by Crippen LogP contribution is -2.00. The molecular formula is C21H15N5O2. The summed E-state index contributed by atoms with van der Waals surface area (Å²) in [6.07, 6.45) is 1.40. The number of nitrogens with zero attached hydrogens (tertiary/aromatic N) is 4. The average molecular weight is 369 g/mol. The molecule has 0 spiro atoms. The Morgan fingerprint density at radius 3 is 2.32 bits per heavy atom. The molecule has 28 heavy (non-hydrogen) atoms. The molecule has 0 radical (unpaired) electrons. The summed E-state index contributed by atoms with van der Waals surface area (Å²) in [4.78, 5) is 10.7. The number of nitro benzene ring substituents is 1. The van der Waals surface area contributed by atoms with Gasteiger partial charge in [0, 0.05) is 22.4 Å². The number of fused-ring (bicyclic) bond motifs is 1. The van der Waals surface area contributed by atoms with Gasteiger partial charge in [0.2, 0.25) is 0 Å². The summed E-state index contributed by atoms with van der Waals surface area (Å²) in [6, 6.07) is 24.0. The highest BCUT2D eigenvalue weighted by Gasteiger charge is 2.11.